The molecule has 138 valence electrons. The summed E-state index contributed by atoms with van der Waals surface area (Å²) in [5, 5.41) is 2.94. The van der Waals surface area contributed by atoms with Gasteiger partial charge in [0.05, 0.1) is 6.54 Å². The molecular weight excluding hydrogens is 328 g/mol. The van der Waals surface area contributed by atoms with E-state index in [0.717, 1.165) is 17.2 Å². The molecule has 26 heavy (non-hydrogen) atoms. The zero-order valence-electron chi connectivity index (χ0n) is 15.6. The molecule has 1 heterocycles. The van der Waals surface area contributed by atoms with E-state index >= 15 is 0 Å². The van der Waals surface area contributed by atoms with E-state index in [1.54, 1.807) is 0 Å². The van der Waals surface area contributed by atoms with Crippen molar-refractivity contribution in [3.05, 3.63) is 54.1 Å². The molecule has 2 aromatic rings. The maximum absolute atomic E-state index is 12.3. The van der Waals surface area contributed by atoms with Gasteiger partial charge in [-0.25, -0.2) is 0 Å². The van der Waals surface area contributed by atoms with Crippen molar-refractivity contribution >= 4 is 11.6 Å². The maximum Gasteiger partial charge on any atom is 0.238 e. The SMILES string of the molecule is CC(C)c1ccc(NC(=O)CN(C)CC2COc3ccccc3O2)cc1. The Balaban J connectivity index is 1.47. The number of benzene rings is 2. The zero-order valence-corrected chi connectivity index (χ0v) is 15.6. The quantitative estimate of drug-likeness (QED) is 0.862. The fourth-order valence-electron chi connectivity index (χ4n) is 2.96. The Morgan fingerprint density at radius 3 is 2.54 bits per heavy atom. The molecule has 1 aliphatic rings. The van der Waals surface area contributed by atoms with Crippen LogP contribution in [0.15, 0.2) is 48.5 Å². The number of para-hydroxylation sites is 2. The van der Waals surface area contributed by atoms with Crippen molar-refractivity contribution in [1.29, 1.82) is 0 Å². The van der Waals surface area contributed by atoms with Gasteiger partial charge in [-0.2, -0.15) is 0 Å². The Hall–Kier alpha value is -2.53. The molecule has 0 bridgehead atoms. The first kappa shape index (κ1) is 18.3. The van der Waals surface area contributed by atoms with Crippen LogP contribution in [0.2, 0.25) is 0 Å². The summed E-state index contributed by atoms with van der Waals surface area (Å²) in [6, 6.07) is 15.6. The average molecular weight is 354 g/mol. The number of carbonyl (C=O) groups is 1. The van der Waals surface area contributed by atoms with Crippen molar-refractivity contribution in [3.63, 3.8) is 0 Å². The highest BCUT2D eigenvalue weighted by Gasteiger charge is 2.22. The topological polar surface area (TPSA) is 50.8 Å². The van der Waals surface area contributed by atoms with E-state index in [0.29, 0.717) is 25.6 Å². The maximum atomic E-state index is 12.3. The van der Waals surface area contributed by atoms with E-state index in [9.17, 15) is 4.79 Å². The monoisotopic (exact) mass is 354 g/mol. The van der Waals surface area contributed by atoms with Crippen LogP contribution in [-0.2, 0) is 4.79 Å². The summed E-state index contributed by atoms with van der Waals surface area (Å²) in [4.78, 5) is 14.2. The molecule has 0 saturated carbocycles. The number of likely N-dealkylation sites (N-methyl/N-ethyl adjacent to an activating group) is 1. The predicted molar refractivity (Wildman–Crippen MR) is 103 cm³/mol. The van der Waals surface area contributed by atoms with E-state index in [4.69, 9.17) is 9.47 Å². The van der Waals surface area contributed by atoms with Crippen molar-refractivity contribution in [2.75, 3.05) is 32.1 Å². The van der Waals surface area contributed by atoms with Crippen LogP contribution < -0.4 is 14.8 Å². The molecule has 0 saturated heterocycles. The normalized spacial score (nSPS) is 16.0. The first-order chi connectivity index (χ1) is 12.5. The number of amides is 1. The van der Waals surface area contributed by atoms with Crippen molar-refractivity contribution in [2.45, 2.75) is 25.9 Å². The molecule has 0 radical (unpaired) electrons. The predicted octanol–water partition coefficient (Wildman–Crippen LogP) is 3.52. The van der Waals surface area contributed by atoms with Crippen molar-refractivity contribution in [1.82, 2.24) is 4.90 Å². The van der Waals surface area contributed by atoms with Crippen molar-refractivity contribution < 1.29 is 14.3 Å². The minimum absolute atomic E-state index is 0.0399. The summed E-state index contributed by atoms with van der Waals surface area (Å²) in [6.07, 6.45) is -0.0898. The van der Waals surface area contributed by atoms with Gasteiger partial charge in [0.2, 0.25) is 5.91 Å². The molecule has 1 unspecified atom stereocenters. The molecule has 5 heteroatoms. The minimum atomic E-state index is -0.0898. The van der Waals surface area contributed by atoms with Gasteiger partial charge in [0.1, 0.15) is 12.7 Å². The summed E-state index contributed by atoms with van der Waals surface area (Å²) >= 11 is 0. The van der Waals surface area contributed by atoms with Crippen LogP contribution in [0.25, 0.3) is 0 Å². The fraction of sp³-hybridized carbons (Fsp3) is 0.381. The Kier molecular flexibility index (Phi) is 5.78. The molecule has 1 atom stereocenters. The second kappa shape index (κ2) is 8.23. The highest BCUT2D eigenvalue weighted by Crippen LogP contribution is 2.30. The number of ether oxygens (including phenoxy) is 2. The average Bonchev–Trinajstić information content (AvgIpc) is 2.61. The fourth-order valence-corrected chi connectivity index (χ4v) is 2.96. The van der Waals surface area contributed by atoms with Gasteiger partial charge in [0.25, 0.3) is 0 Å². The zero-order chi connectivity index (χ0) is 18.5. The Bertz CT molecular complexity index is 743. The van der Waals surface area contributed by atoms with Gasteiger partial charge in [-0.05, 0) is 42.8 Å². The van der Waals surface area contributed by atoms with Crippen LogP contribution in [0.4, 0.5) is 5.69 Å². The van der Waals surface area contributed by atoms with E-state index < -0.39 is 0 Å². The lowest BCUT2D eigenvalue weighted by Crippen LogP contribution is -2.42. The molecule has 0 fully saturated rings. The van der Waals surface area contributed by atoms with Crippen LogP contribution >= 0.6 is 0 Å². The second-order valence-corrected chi connectivity index (χ2v) is 7.02. The third kappa shape index (κ3) is 4.76. The highest BCUT2D eigenvalue weighted by atomic mass is 16.6. The van der Waals surface area contributed by atoms with Gasteiger partial charge in [-0.15, -0.1) is 0 Å². The number of hydrogen-bond acceptors (Lipinski definition) is 4. The van der Waals surface area contributed by atoms with Crippen LogP contribution in [0.5, 0.6) is 11.5 Å². The first-order valence-electron chi connectivity index (χ1n) is 8.98. The number of nitrogens with zero attached hydrogens (tertiary/aromatic N) is 1. The molecule has 2 aromatic carbocycles. The lowest BCUT2D eigenvalue weighted by Gasteiger charge is -2.29. The number of anilines is 1. The summed E-state index contributed by atoms with van der Waals surface area (Å²) in [5.41, 5.74) is 2.08. The molecule has 0 spiro atoms. The molecule has 1 aliphatic heterocycles. The lowest BCUT2D eigenvalue weighted by molar-refractivity contribution is -0.117. The standard InChI is InChI=1S/C21H26N2O3/c1-15(2)16-8-10-17(11-9-16)22-21(24)13-23(3)12-18-14-25-19-6-4-5-7-20(19)26-18/h4-11,15,18H,12-14H2,1-3H3,(H,22,24). The van der Waals surface area contributed by atoms with Crippen LogP contribution in [0.3, 0.4) is 0 Å². The molecule has 1 N–H and O–H groups in total. The smallest absolute Gasteiger partial charge is 0.238 e. The van der Waals surface area contributed by atoms with Gasteiger partial charge in [0, 0.05) is 12.2 Å². The highest BCUT2D eigenvalue weighted by molar-refractivity contribution is 5.92. The number of nitrogens with one attached hydrogen (secondary N) is 1. The summed E-state index contributed by atoms with van der Waals surface area (Å²) < 4.78 is 11.7. The van der Waals surface area contributed by atoms with Gasteiger partial charge in [0.15, 0.2) is 11.5 Å². The van der Waals surface area contributed by atoms with Gasteiger partial charge < -0.3 is 14.8 Å². The molecular formula is C21H26N2O3. The number of hydrogen-bond donors (Lipinski definition) is 1. The first-order valence-corrected chi connectivity index (χ1v) is 8.98. The molecule has 0 aliphatic carbocycles. The minimum Gasteiger partial charge on any atom is -0.486 e. The molecule has 0 aromatic heterocycles. The Morgan fingerprint density at radius 2 is 1.85 bits per heavy atom. The summed E-state index contributed by atoms with van der Waals surface area (Å²) in [7, 11) is 1.91. The third-order valence-corrected chi connectivity index (χ3v) is 4.36. The van der Waals surface area contributed by atoms with Gasteiger partial charge in [-0.1, -0.05) is 38.1 Å². The van der Waals surface area contributed by atoms with Crippen molar-refractivity contribution in [3.8, 4) is 11.5 Å². The molecule has 3 rings (SSSR count). The van der Waals surface area contributed by atoms with Gasteiger partial charge in [-0.3, -0.25) is 9.69 Å². The van der Waals surface area contributed by atoms with Crippen LogP contribution in [-0.4, -0.2) is 43.7 Å². The van der Waals surface area contributed by atoms with E-state index in [-0.39, 0.29) is 12.0 Å². The summed E-state index contributed by atoms with van der Waals surface area (Å²) in [5.74, 6) is 1.97. The van der Waals surface area contributed by atoms with E-state index in [1.807, 2.05) is 48.3 Å². The largest absolute Gasteiger partial charge is 0.486 e. The molecule has 5 nitrogen and oxygen atoms in total. The van der Waals surface area contributed by atoms with Crippen molar-refractivity contribution in [2.24, 2.45) is 0 Å². The third-order valence-electron chi connectivity index (χ3n) is 4.36. The number of rotatable bonds is 6. The summed E-state index contributed by atoms with van der Waals surface area (Å²) in [6.45, 7) is 5.71. The lowest BCUT2D eigenvalue weighted by atomic mass is 10.0. The Labute approximate surface area is 154 Å². The molecule has 1 amide bonds. The van der Waals surface area contributed by atoms with E-state index in [2.05, 4.69) is 31.3 Å². The van der Waals surface area contributed by atoms with Gasteiger partial charge >= 0.3 is 0 Å². The van der Waals surface area contributed by atoms with Crippen LogP contribution in [0.1, 0.15) is 25.3 Å². The second-order valence-electron chi connectivity index (χ2n) is 7.02. The number of carbonyl (C=O) groups excluding carboxylic acids is 1. The van der Waals surface area contributed by atoms with Crippen LogP contribution in [0, 0.1) is 0 Å². The van der Waals surface area contributed by atoms with E-state index in [1.165, 1.54) is 5.56 Å². The number of fused-ring (bicyclic) bond motifs is 1. The Morgan fingerprint density at radius 1 is 1.15 bits per heavy atom.